The van der Waals surface area contributed by atoms with Crippen molar-refractivity contribution >= 4 is 23.5 Å². The molecule has 0 aromatic heterocycles. The molecule has 1 heterocycles. The van der Waals surface area contributed by atoms with Crippen LogP contribution in [0.4, 0.5) is 5.69 Å². The molecule has 0 aliphatic carbocycles. The van der Waals surface area contributed by atoms with Crippen LogP contribution in [0.15, 0.2) is 24.3 Å². The zero-order chi connectivity index (χ0) is 19.8. The minimum absolute atomic E-state index is 0.0128. The number of carboxylic acid groups (broad SMARTS) is 1. The molecule has 1 aliphatic heterocycles. The van der Waals surface area contributed by atoms with Crippen molar-refractivity contribution in [3.05, 3.63) is 24.3 Å². The van der Waals surface area contributed by atoms with Gasteiger partial charge < -0.3 is 20.1 Å². The highest BCUT2D eigenvalue weighted by Crippen LogP contribution is 2.23. The minimum atomic E-state index is -0.906. The molecule has 0 saturated carbocycles. The summed E-state index contributed by atoms with van der Waals surface area (Å²) in [4.78, 5) is 39.5. The average Bonchev–Trinajstić information content (AvgIpc) is 3.10. The monoisotopic (exact) mass is 377 g/mol. The number of para-hydroxylation sites is 2. The summed E-state index contributed by atoms with van der Waals surface area (Å²) in [5.41, 5.74) is 0.541. The fraction of sp³-hybridized carbons (Fsp3) is 0.526. The van der Waals surface area contributed by atoms with Crippen molar-refractivity contribution in [1.29, 1.82) is 0 Å². The summed E-state index contributed by atoms with van der Waals surface area (Å²) in [6, 6.07) is 6.43. The lowest BCUT2D eigenvalue weighted by Gasteiger charge is -2.26. The zero-order valence-electron chi connectivity index (χ0n) is 15.8. The molecule has 0 bridgehead atoms. The Bertz CT molecular complexity index is 679. The highest BCUT2D eigenvalue weighted by Gasteiger charge is 2.32. The predicted molar refractivity (Wildman–Crippen MR) is 101 cm³/mol. The van der Waals surface area contributed by atoms with Crippen LogP contribution in [0.3, 0.4) is 0 Å². The normalized spacial score (nSPS) is 16.7. The van der Waals surface area contributed by atoms with E-state index in [0.29, 0.717) is 37.4 Å². The number of carbonyl (C=O) groups excluding carboxylic acids is 2. The van der Waals surface area contributed by atoms with Crippen LogP contribution in [0, 0.1) is 0 Å². The van der Waals surface area contributed by atoms with Crippen LogP contribution in [-0.4, -0.2) is 72.0 Å². The number of likely N-dealkylation sites (tertiary alicyclic amines) is 1. The highest BCUT2D eigenvalue weighted by atomic mass is 16.5. The zero-order valence-corrected chi connectivity index (χ0v) is 15.8. The third-order valence-corrected chi connectivity index (χ3v) is 4.55. The van der Waals surface area contributed by atoms with Gasteiger partial charge in [0.1, 0.15) is 11.8 Å². The van der Waals surface area contributed by atoms with Gasteiger partial charge in [-0.05, 0) is 37.9 Å². The Morgan fingerprint density at radius 1 is 1.33 bits per heavy atom. The van der Waals surface area contributed by atoms with Crippen LogP contribution < -0.4 is 10.1 Å². The first kappa shape index (κ1) is 20.7. The fourth-order valence-corrected chi connectivity index (χ4v) is 3.24. The Balaban J connectivity index is 1.98. The largest absolute Gasteiger partial charge is 0.495 e. The summed E-state index contributed by atoms with van der Waals surface area (Å²) in [5, 5.41) is 12.0. The van der Waals surface area contributed by atoms with Crippen molar-refractivity contribution in [1.82, 2.24) is 9.80 Å². The van der Waals surface area contributed by atoms with Gasteiger partial charge in [0, 0.05) is 6.54 Å². The van der Waals surface area contributed by atoms with Crippen molar-refractivity contribution in [2.75, 3.05) is 38.6 Å². The molecule has 1 unspecified atom stereocenters. The van der Waals surface area contributed by atoms with Crippen LogP contribution in [0.25, 0.3) is 0 Å². The van der Waals surface area contributed by atoms with Crippen LogP contribution in [0.1, 0.15) is 26.2 Å². The van der Waals surface area contributed by atoms with E-state index >= 15 is 0 Å². The second-order valence-electron chi connectivity index (χ2n) is 6.53. The van der Waals surface area contributed by atoms with E-state index < -0.39 is 12.0 Å². The fourth-order valence-electron chi connectivity index (χ4n) is 3.24. The van der Waals surface area contributed by atoms with E-state index in [-0.39, 0.29) is 24.9 Å². The maximum atomic E-state index is 12.7. The number of benzene rings is 1. The van der Waals surface area contributed by atoms with Gasteiger partial charge >= 0.3 is 5.97 Å². The van der Waals surface area contributed by atoms with Gasteiger partial charge in [-0.3, -0.25) is 19.3 Å². The molecule has 8 nitrogen and oxygen atoms in total. The van der Waals surface area contributed by atoms with Gasteiger partial charge in [0.2, 0.25) is 11.8 Å². The van der Waals surface area contributed by atoms with E-state index in [1.165, 1.54) is 12.0 Å². The first-order valence-corrected chi connectivity index (χ1v) is 9.13. The Labute approximate surface area is 159 Å². The third kappa shape index (κ3) is 5.68. The number of ether oxygens (including phenoxy) is 1. The van der Waals surface area contributed by atoms with E-state index in [9.17, 15) is 19.5 Å². The number of hydrogen-bond acceptors (Lipinski definition) is 5. The standard InChI is InChI=1S/C19H27N3O5/c1-3-10-22(18(24)13-21-11-6-8-15(21)19(25)26)12-17(23)20-14-7-4-5-9-16(14)27-2/h4-5,7,9,15H,3,6,8,10-13H2,1-2H3,(H,20,23)(H,25,26). The molecule has 1 aromatic rings. The first-order valence-electron chi connectivity index (χ1n) is 9.13. The van der Waals surface area contributed by atoms with Crippen molar-refractivity contribution in [2.45, 2.75) is 32.2 Å². The summed E-state index contributed by atoms with van der Waals surface area (Å²) in [6.07, 6.45) is 2.01. The van der Waals surface area contributed by atoms with Crippen molar-refractivity contribution in [3.63, 3.8) is 0 Å². The van der Waals surface area contributed by atoms with E-state index in [2.05, 4.69) is 5.32 Å². The Kier molecular flexibility index (Phi) is 7.60. The Morgan fingerprint density at radius 3 is 2.74 bits per heavy atom. The predicted octanol–water partition coefficient (Wildman–Crippen LogP) is 1.42. The van der Waals surface area contributed by atoms with Gasteiger partial charge in [-0.2, -0.15) is 0 Å². The van der Waals surface area contributed by atoms with Gasteiger partial charge in [-0.15, -0.1) is 0 Å². The van der Waals surface area contributed by atoms with Crippen LogP contribution in [0.2, 0.25) is 0 Å². The SMILES string of the molecule is CCCN(CC(=O)Nc1ccccc1OC)C(=O)CN1CCCC1C(=O)O. The van der Waals surface area contributed by atoms with Gasteiger partial charge in [-0.1, -0.05) is 19.1 Å². The summed E-state index contributed by atoms with van der Waals surface area (Å²) in [7, 11) is 1.52. The van der Waals surface area contributed by atoms with Gasteiger partial charge in [0.05, 0.1) is 25.9 Å². The topological polar surface area (TPSA) is 99.2 Å². The number of amides is 2. The number of rotatable bonds is 9. The maximum Gasteiger partial charge on any atom is 0.320 e. The summed E-state index contributed by atoms with van der Waals surface area (Å²) in [5.74, 6) is -0.922. The Hall–Kier alpha value is -2.61. The van der Waals surface area contributed by atoms with Crippen molar-refractivity contribution < 1.29 is 24.2 Å². The third-order valence-electron chi connectivity index (χ3n) is 4.55. The molecule has 2 rings (SSSR count). The molecule has 1 aliphatic rings. The minimum Gasteiger partial charge on any atom is -0.495 e. The number of hydrogen-bond donors (Lipinski definition) is 2. The molecular formula is C19H27N3O5. The quantitative estimate of drug-likeness (QED) is 0.675. The van der Waals surface area contributed by atoms with E-state index in [1.54, 1.807) is 29.2 Å². The van der Waals surface area contributed by atoms with Gasteiger partial charge in [0.15, 0.2) is 0 Å². The Morgan fingerprint density at radius 2 is 2.07 bits per heavy atom. The number of nitrogens with zero attached hydrogens (tertiary/aromatic N) is 2. The number of aliphatic carboxylic acids is 1. The molecule has 2 N–H and O–H groups in total. The number of carbonyl (C=O) groups is 3. The molecule has 1 saturated heterocycles. The van der Waals surface area contributed by atoms with E-state index in [4.69, 9.17) is 4.74 Å². The second-order valence-corrected chi connectivity index (χ2v) is 6.53. The molecule has 0 spiro atoms. The van der Waals surface area contributed by atoms with Crippen LogP contribution in [0.5, 0.6) is 5.75 Å². The molecule has 1 atom stereocenters. The highest BCUT2D eigenvalue weighted by molar-refractivity contribution is 5.96. The lowest BCUT2D eigenvalue weighted by Crippen LogP contribution is -2.46. The number of anilines is 1. The molecule has 148 valence electrons. The molecule has 1 fully saturated rings. The number of carboxylic acids is 1. The van der Waals surface area contributed by atoms with Crippen molar-refractivity contribution in [2.24, 2.45) is 0 Å². The average molecular weight is 377 g/mol. The van der Waals surface area contributed by atoms with Gasteiger partial charge in [-0.25, -0.2) is 0 Å². The molecular weight excluding hydrogens is 350 g/mol. The molecule has 0 radical (unpaired) electrons. The van der Waals surface area contributed by atoms with Crippen molar-refractivity contribution in [3.8, 4) is 5.75 Å². The molecule has 27 heavy (non-hydrogen) atoms. The lowest BCUT2D eigenvalue weighted by molar-refractivity contribution is -0.144. The summed E-state index contributed by atoms with van der Waals surface area (Å²) < 4.78 is 5.21. The van der Waals surface area contributed by atoms with Gasteiger partial charge in [0.25, 0.3) is 0 Å². The summed E-state index contributed by atoms with van der Waals surface area (Å²) >= 11 is 0. The van der Waals surface area contributed by atoms with E-state index in [0.717, 1.165) is 6.42 Å². The first-order chi connectivity index (χ1) is 13.0. The number of nitrogens with one attached hydrogen (secondary N) is 1. The van der Waals surface area contributed by atoms with E-state index in [1.807, 2.05) is 6.92 Å². The second kappa shape index (κ2) is 9.91. The maximum absolute atomic E-state index is 12.7. The van der Waals surface area contributed by atoms with Crippen LogP contribution >= 0.6 is 0 Å². The summed E-state index contributed by atoms with van der Waals surface area (Å²) in [6.45, 7) is 2.86. The number of methoxy groups -OCH3 is 1. The molecule has 2 amide bonds. The smallest absolute Gasteiger partial charge is 0.320 e. The van der Waals surface area contributed by atoms with Crippen LogP contribution in [-0.2, 0) is 14.4 Å². The lowest BCUT2D eigenvalue weighted by atomic mass is 10.2. The molecule has 8 heteroatoms. The molecule has 1 aromatic carbocycles.